The van der Waals surface area contributed by atoms with Gasteiger partial charge in [-0.25, -0.2) is 9.50 Å². The summed E-state index contributed by atoms with van der Waals surface area (Å²) in [7, 11) is 3.51. The van der Waals surface area contributed by atoms with Crippen LogP contribution in [0.3, 0.4) is 0 Å². The van der Waals surface area contributed by atoms with Gasteiger partial charge in [0.25, 0.3) is 0 Å². The van der Waals surface area contributed by atoms with Gasteiger partial charge >= 0.3 is 0 Å². The summed E-state index contributed by atoms with van der Waals surface area (Å²) in [6.07, 6.45) is -0.557. The van der Waals surface area contributed by atoms with Gasteiger partial charge < -0.3 is 14.7 Å². The van der Waals surface area contributed by atoms with E-state index in [-0.39, 0.29) is 0 Å². The van der Waals surface area contributed by atoms with Gasteiger partial charge in [0.2, 0.25) is 0 Å². The van der Waals surface area contributed by atoms with Crippen LogP contribution in [0, 0.1) is 6.92 Å². The van der Waals surface area contributed by atoms with Crippen molar-refractivity contribution in [1.82, 2.24) is 14.6 Å². The molecule has 0 aliphatic carbocycles. The fourth-order valence-corrected chi connectivity index (χ4v) is 2.70. The molecule has 1 atom stereocenters. The minimum Gasteiger partial charge on any atom is -0.389 e. The van der Waals surface area contributed by atoms with E-state index < -0.39 is 6.10 Å². The van der Waals surface area contributed by atoms with Gasteiger partial charge in [-0.05, 0) is 19.1 Å². The van der Waals surface area contributed by atoms with Crippen LogP contribution in [0.5, 0.6) is 0 Å². The van der Waals surface area contributed by atoms with Crippen molar-refractivity contribution in [2.75, 3.05) is 32.2 Å². The second kappa shape index (κ2) is 5.90. The number of aliphatic hydroxyl groups excluding tert-OH is 1. The molecule has 0 fully saturated rings. The molecule has 0 amide bonds. The van der Waals surface area contributed by atoms with Crippen molar-refractivity contribution in [3.8, 4) is 0 Å². The summed E-state index contributed by atoms with van der Waals surface area (Å²) in [5.74, 6) is 0.832. The van der Waals surface area contributed by atoms with E-state index in [9.17, 15) is 5.11 Å². The van der Waals surface area contributed by atoms with Crippen molar-refractivity contribution >= 4 is 22.4 Å². The summed E-state index contributed by atoms with van der Waals surface area (Å²) < 4.78 is 6.84. The van der Waals surface area contributed by atoms with E-state index in [1.165, 1.54) is 0 Å². The molecule has 3 rings (SSSR count). The highest BCUT2D eigenvalue weighted by Gasteiger charge is 2.15. The number of ether oxygens (including phenoxy) is 1. The number of methoxy groups -OCH3 is 1. The molecule has 2 aromatic heterocycles. The van der Waals surface area contributed by atoms with Crippen molar-refractivity contribution in [3.05, 3.63) is 36.0 Å². The number of anilines is 1. The maximum Gasteiger partial charge on any atom is 0.158 e. The van der Waals surface area contributed by atoms with Gasteiger partial charge in [-0.1, -0.05) is 12.1 Å². The van der Waals surface area contributed by atoms with Crippen LogP contribution < -0.4 is 4.90 Å². The smallest absolute Gasteiger partial charge is 0.158 e. The molecule has 6 nitrogen and oxygen atoms in total. The first-order valence-electron chi connectivity index (χ1n) is 7.23. The van der Waals surface area contributed by atoms with Crippen LogP contribution in [0.15, 0.2) is 30.3 Å². The zero-order chi connectivity index (χ0) is 15.7. The van der Waals surface area contributed by atoms with Crippen LogP contribution in [0.1, 0.15) is 5.69 Å². The van der Waals surface area contributed by atoms with Crippen molar-refractivity contribution in [2.45, 2.75) is 13.0 Å². The molecule has 0 saturated heterocycles. The molecule has 0 aliphatic heterocycles. The molecule has 116 valence electrons. The van der Waals surface area contributed by atoms with Gasteiger partial charge in [0.1, 0.15) is 5.82 Å². The number of hydrogen-bond donors (Lipinski definition) is 1. The molecular formula is C16H20N4O2. The fraction of sp³-hybridized carbons (Fsp3) is 0.375. The zero-order valence-electron chi connectivity index (χ0n) is 13.0. The number of fused-ring (bicyclic) bond motifs is 3. The van der Waals surface area contributed by atoms with Crippen LogP contribution in [-0.4, -0.2) is 53.1 Å². The third-order valence-electron chi connectivity index (χ3n) is 3.61. The Labute approximate surface area is 128 Å². The quantitative estimate of drug-likeness (QED) is 0.776. The summed E-state index contributed by atoms with van der Waals surface area (Å²) in [5.41, 5.74) is 2.74. The summed E-state index contributed by atoms with van der Waals surface area (Å²) >= 11 is 0. The van der Waals surface area contributed by atoms with Crippen molar-refractivity contribution < 1.29 is 9.84 Å². The van der Waals surface area contributed by atoms with Crippen LogP contribution in [0.2, 0.25) is 0 Å². The number of aliphatic hydroxyl groups is 1. The zero-order valence-corrected chi connectivity index (χ0v) is 13.0. The van der Waals surface area contributed by atoms with Crippen molar-refractivity contribution in [1.29, 1.82) is 0 Å². The van der Waals surface area contributed by atoms with Gasteiger partial charge in [-0.3, -0.25) is 0 Å². The van der Waals surface area contributed by atoms with Gasteiger partial charge in [0, 0.05) is 32.2 Å². The van der Waals surface area contributed by atoms with Gasteiger partial charge in [0.15, 0.2) is 5.65 Å². The second-order valence-electron chi connectivity index (χ2n) is 5.50. The minimum absolute atomic E-state index is 0.302. The number of likely N-dealkylation sites (N-methyl/N-ethyl adjacent to an activating group) is 1. The van der Waals surface area contributed by atoms with Crippen LogP contribution in [0.4, 0.5) is 5.82 Å². The Morgan fingerprint density at radius 2 is 2.14 bits per heavy atom. The Balaban J connectivity index is 2.10. The molecule has 1 N–H and O–H groups in total. The third kappa shape index (κ3) is 2.63. The van der Waals surface area contributed by atoms with E-state index in [0.29, 0.717) is 13.2 Å². The Bertz CT molecular complexity index is 799. The highest BCUT2D eigenvalue weighted by molar-refractivity contribution is 5.91. The maximum atomic E-state index is 9.96. The van der Waals surface area contributed by atoms with E-state index >= 15 is 0 Å². The molecule has 0 aliphatic rings. The Morgan fingerprint density at radius 1 is 1.36 bits per heavy atom. The van der Waals surface area contributed by atoms with Crippen LogP contribution in [-0.2, 0) is 4.74 Å². The summed E-state index contributed by atoms with van der Waals surface area (Å²) in [6.45, 7) is 2.71. The molecule has 0 saturated carbocycles. The van der Waals surface area contributed by atoms with E-state index in [2.05, 4.69) is 5.10 Å². The lowest BCUT2D eigenvalue weighted by molar-refractivity contribution is 0.0694. The van der Waals surface area contributed by atoms with Gasteiger partial charge in [0.05, 0.1) is 23.9 Å². The largest absolute Gasteiger partial charge is 0.389 e. The first kappa shape index (κ1) is 14.7. The minimum atomic E-state index is -0.557. The summed E-state index contributed by atoms with van der Waals surface area (Å²) in [6, 6.07) is 9.97. The molecule has 22 heavy (non-hydrogen) atoms. The topological polar surface area (TPSA) is 62.9 Å². The number of para-hydroxylation sites is 1. The second-order valence-corrected chi connectivity index (χ2v) is 5.50. The fourth-order valence-electron chi connectivity index (χ4n) is 2.70. The molecule has 2 heterocycles. The van der Waals surface area contributed by atoms with E-state index in [1.807, 2.05) is 53.7 Å². The number of hydrogen-bond acceptors (Lipinski definition) is 5. The van der Waals surface area contributed by atoms with E-state index in [4.69, 9.17) is 9.72 Å². The van der Waals surface area contributed by atoms with Gasteiger partial charge in [-0.2, -0.15) is 5.10 Å². The van der Waals surface area contributed by atoms with Crippen LogP contribution >= 0.6 is 0 Å². The number of rotatable bonds is 5. The highest BCUT2D eigenvalue weighted by Crippen LogP contribution is 2.25. The first-order chi connectivity index (χ1) is 10.6. The molecule has 0 radical (unpaired) electrons. The number of benzene rings is 1. The lowest BCUT2D eigenvalue weighted by Crippen LogP contribution is -2.32. The van der Waals surface area contributed by atoms with Crippen molar-refractivity contribution in [3.63, 3.8) is 0 Å². The molecular weight excluding hydrogens is 280 g/mol. The standard InChI is InChI=1S/C16H20N4O2/c1-11-8-15-17-16(19(2)9-12(21)10-22-3)13-6-4-5-7-14(13)20(15)18-11/h4-8,12,21H,9-10H2,1-3H3/t12-/m0/s1. The molecule has 3 aromatic rings. The van der Waals surface area contributed by atoms with E-state index in [0.717, 1.165) is 28.1 Å². The molecule has 0 unspecified atom stereocenters. The van der Waals surface area contributed by atoms with Crippen LogP contribution in [0.25, 0.3) is 16.6 Å². The molecule has 1 aromatic carbocycles. The Morgan fingerprint density at radius 3 is 2.91 bits per heavy atom. The number of nitrogens with zero attached hydrogens (tertiary/aromatic N) is 4. The molecule has 0 bridgehead atoms. The number of aromatic nitrogens is 3. The van der Waals surface area contributed by atoms with Crippen molar-refractivity contribution in [2.24, 2.45) is 0 Å². The average molecular weight is 300 g/mol. The molecule has 6 heteroatoms. The first-order valence-corrected chi connectivity index (χ1v) is 7.23. The maximum absolute atomic E-state index is 9.96. The average Bonchev–Trinajstić information content (AvgIpc) is 2.87. The molecule has 0 spiro atoms. The Kier molecular flexibility index (Phi) is 3.96. The normalized spacial score (nSPS) is 12.9. The van der Waals surface area contributed by atoms with Gasteiger partial charge in [-0.15, -0.1) is 0 Å². The SMILES string of the molecule is COC[C@@H](O)CN(C)c1nc2cc(C)nn2c2ccccc12. The summed E-state index contributed by atoms with van der Waals surface area (Å²) in [4.78, 5) is 6.66. The lowest BCUT2D eigenvalue weighted by Gasteiger charge is -2.23. The number of aryl methyl sites for hydroxylation is 1. The van der Waals surface area contributed by atoms with E-state index in [1.54, 1.807) is 7.11 Å². The Hall–Kier alpha value is -2.18. The highest BCUT2D eigenvalue weighted by atomic mass is 16.5. The monoisotopic (exact) mass is 300 g/mol. The predicted molar refractivity (Wildman–Crippen MR) is 86.4 cm³/mol. The summed E-state index contributed by atoms with van der Waals surface area (Å²) in [5, 5.41) is 15.5. The third-order valence-corrected chi connectivity index (χ3v) is 3.61. The predicted octanol–water partition coefficient (Wildman–Crippen LogP) is 1.63. The lowest BCUT2D eigenvalue weighted by atomic mass is 10.2.